The lowest BCUT2D eigenvalue weighted by Gasteiger charge is -2.18. The van der Waals surface area contributed by atoms with Crippen molar-refractivity contribution in [3.63, 3.8) is 0 Å². The van der Waals surface area contributed by atoms with E-state index in [1.165, 1.54) is 6.92 Å². The molecular weight excluding hydrogens is 254 g/mol. The molecule has 1 aromatic rings. The van der Waals surface area contributed by atoms with Crippen LogP contribution in [0.25, 0.3) is 0 Å². The number of hydrogen-bond donors (Lipinski definition) is 2. The van der Waals surface area contributed by atoms with Gasteiger partial charge < -0.3 is 20.3 Å². The number of carbonyl (C=O) groups is 1. The summed E-state index contributed by atoms with van der Waals surface area (Å²) in [6.07, 6.45) is 0. The molecule has 0 heterocycles. The van der Waals surface area contributed by atoms with E-state index in [-0.39, 0.29) is 11.9 Å². The number of methoxy groups -OCH3 is 1. The Morgan fingerprint density at radius 3 is 2.65 bits per heavy atom. The molecule has 112 valence electrons. The first-order valence-electron chi connectivity index (χ1n) is 6.76. The van der Waals surface area contributed by atoms with Crippen LogP contribution < -0.4 is 20.3 Å². The summed E-state index contributed by atoms with van der Waals surface area (Å²) in [5.41, 5.74) is 2.21. The molecule has 5 nitrogen and oxygen atoms in total. The van der Waals surface area contributed by atoms with Crippen molar-refractivity contribution in [1.29, 1.82) is 0 Å². The third kappa shape index (κ3) is 5.09. The van der Waals surface area contributed by atoms with Gasteiger partial charge in [-0.3, -0.25) is 4.79 Å². The van der Waals surface area contributed by atoms with Crippen molar-refractivity contribution in [3.05, 3.63) is 23.8 Å². The predicted octanol–water partition coefficient (Wildman–Crippen LogP) is 1.38. The van der Waals surface area contributed by atoms with Crippen molar-refractivity contribution in [2.24, 2.45) is 0 Å². The Morgan fingerprint density at radius 2 is 2.10 bits per heavy atom. The molecule has 0 aliphatic rings. The fourth-order valence-corrected chi connectivity index (χ4v) is 2.03. The molecule has 0 bridgehead atoms. The van der Waals surface area contributed by atoms with Gasteiger partial charge in [0, 0.05) is 40.2 Å². The summed E-state index contributed by atoms with van der Waals surface area (Å²) >= 11 is 0. The highest BCUT2D eigenvalue weighted by molar-refractivity contribution is 5.73. The van der Waals surface area contributed by atoms with Crippen molar-refractivity contribution < 1.29 is 9.53 Å². The Kier molecular flexibility index (Phi) is 6.31. The minimum absolute atomic E-state index is 0.00342. The second-order valence-electron chi connectivity index (χ2n) is 5.13. The Labute approximate surface area is 121 Å². The maximum Gasteiger partial charge on any atom is 0.217 e. The van der Waals surface area contributed by atoms with Crippen molar-refractivity contribution in [3.8, 4) is 5.75 Å². The molecular formula is C15H25N3O2. The lowest BCUT2D eigenvalue weighted by molar-refractivity contribution is -0.119. The number of ether oxygens (including phenoxy) is 1. The van der Waals surface area contributed by atoms with Crippen molar-refractivity contribution in [2.45, 2.75) is 26.4 Å². The second kappa shape index (κ2) is 7.75. The fourth-order valence-electron chi connectivity index (χ4n) is 2.03. The second-order valence-corrected chi connectivity index (χ2v) is 5.13. The van der Waals surface area contributed by atoms with E-state index >= 15 is 0 Å². The van der Waals surface area contributed by atoms with Gasteiger partial charge >= 0.3 is 0 Å². The lowest BCUT2D eigenvalue weighted by Crippen LogP contribution is -2.38. The average Bonchev–Trinajstić information content (AvgIpc) is 2.37. The number of nitrogens with one attached hydrogen (secondary N) is 2. The number of benzene rings is 1. The molecule has 0 aliphatic heterocycles. The third-order valence-corrected chi connectivity index (χ3v) is 2.96. The van der Waals surface area contributed by atoms with E-state index in [0.717, 1.165) is 30.1 Å². The Balaban J connectivity index is 2.54. The minimum Gasteiger partial charge on any atom is -0.495 e. The number of anilines is 1. The Hall–Kier alpha value is -1.75. The van der Waals surface area contributed by atoms with Crippen LogP contribution >= 0.6 is 0 Å². The number of hydrogen-bond acceptors (Lipinski definition) is 4. The Morgan fingerprint density at radius 1 is 1.40 bits per heavy atom. The SMILES string of the molecule is COc1cc(CNCC(C)NC(C)=O)ccc1N(C)C. The van der Waals surface area contributed by atoms with Gasteiger partial charge in [0.05, 0.1) is 12.8 Å². The van der Waals surface area contributed by atoms with Crippen LogP contribution in [0.15, 0.2) is 18.2 Å². The molecule has 0 radical (unpaired) electrons. The summed E-state index contributed by atoms with van der Waals surface area (Å²) in [4.78, 5) is 12.9. The van der Waals surface area contributed by atoms with Crippen LogP contribution in [0.2, 0.25) is 0 Å². The monoisotopic (exact) mass is 279 g/mol. The molecule has 0 spiro atoms. The van der Waals surface area contributed by atoms with E-state index in [1.54, 1.807) is 7.11 Å². The van der Waals surface area contributed by atoms with Gasteiger partial charge in [-0.05, 0) is 24.6 Å². The normalized spacial score (nSPS) is 11.8. The van der Waals surface area contributed by atoms with E-state index in [9.17, 15) is 4.79 Å². The smallest absolute Gasteiger partial charge is 0.217 e. The third-order valence-electron chi connectivity index (χ3n) is 2.96. The zero-order valence-electron chi connectivity index (χ0n) is 13.0. The maximum absolute atomic E-state index is 10.9. The van der Waals surface area contributed by atoms with Gasteiger partial charge in [-0.1, -0.05) is 6.07 Å². The first kappa shape index (κ1) is 16.3. The summed E-state index contributed by atoms with van der Waals surface area (Å²) in [7, 11) is 5.66. The quantitative estimate of drug-likeness (QED) is 0.791. The molecule has 0 saturated carbocycles. The van der Waals surface area contributed by atoms with Gasteiger partial charge in [0.25, 0.3) is 0 Å². The van der Waals surface area contributed by atoms with E-state index in [0.29, 0.717) is 0 Å². The topological polar surface area (TPSA) is 53.6 Å². The zero-order chi connectivity index (χ0) is 15.1. The van der Waals surface area contributed by atoms with Crippen LogP contribution in [-0.2, 0) is 11.3 Å². The van der Waals surface area contributed by atoms with E-state index in [2.05, 4.69) is 16.7 Å². The van der Waals surface area contributed by atoms with E-state index in [4.69, 9.17) is 4.74 Å². The largest absolute Gasteiger partial charge is 0.495 e. The molecule has 1 unspecified atom stereocenters. The van der Waals surface area contributed by atoms with Crippen LogP contribution in [0.1, 0.15) is 19.4 Å². The highest BCUT2D eigenvalue weighted by atomic mass is 16.5. The molecule has 0 aliphatic carbocycles. The number of carbonyl (C=O) groups excluding carboxylic acids is 1. The van der Waals surface area contributed by atoms with Crippen molar-refractivity contribution in [1.82, 2.24) is 10.6 Å². The zero-order valence-corrected chi connectivity index (χ0v) is 13.0. The summed E-state index contributed by atoms with van der Waals surface area (Å²) < 4.78 is 5.40. The molecule has 20 heavy (non-hydrogen) atoms. The van der Waals surface area contributed by atoms with E-state index < -0.39 is 0 Å². The van der Waals surface area contributed by atoms with Gasteiger partial charge in [0.15, 0.2) is 0 Å². The Bertz CT molecular complexity index is 447. The van der Waals surface area contributed by atoms with Crippen LogP contribution in [0, 0.1) is 0 Å². The van der Waals surface area contributed by atoms with Crippen LogP contribution in [0.4, 0.5) is 5.69 Å². The maximum atomic E-state index is 10.9. The van der Waals surface area contributed by atoms with Crippen LogP contribution in [0.5, 0.6) is 5.75 Å². The highest BCUT2D eigenvalue weighted by Crippen LogP contribution is 2.27. The van der Waals surface area contributed by atoms with Crippen LogP contribution in [-0.4, -0.2) is 39.7 Å². The van der Waals surface area contributed by atoms with Gasteiger partial charge in [-0.2, -0.15) is 0 Å². The predicted molar refractivity (Wildman–Crippen MR) is 82.3 cm³/mol. The molecule has 2 N–H and O–H groups in total. The van der Waals surface area contributed by atoms with Crippen LogP contribution in [0.3, 0.4) is 0 Å². The fraction of sp³-hybridized carbons (Fsp3) is 0.533. The van der Waals surface area contributed by atoms with Gasteiger partial charge in [-0.15, -0.1) is 0 Å². The van der Waals surface area contributed by atoms with Crippen molar-refractivity contribution >= 4 is 11.6 Å². The highest BCUT2D eigenvalue weighted by Gasteiger charge is 2.07. The minimum atomic E-state index is -0.00342. The number of rotatable bonds is 7. The van der Waals surface area contributed by atoms with Crippen molar-refractivity contribution in [2.75, 3.05) is 32.6 Å². The molecule has 0 aromatic heterocycles. The first-order chi connectivity index (χ1) is 9.43. The molecule has 5 heteroatoms. The summed E-state index contributed by atoms with van der Waals surface area (Å²) in [5.74, 6) is 0.862. The van der Waals surface area contributed by atoms with E-state index in [1.807, 2.05) is 38.1 Å². The summed E-state index contributed by atoms with van der Waals surface area (Å²) in [6, 6.07) is 6.28. The number of nitrogens with zero attached hydrogens (tertiary/aromatic N) is 1. The molecule has 1 aromatic carbocycles. The molecule has 1 atom stereocenters. The standard InChI is InChI=1S/C15H25N3O2/c1-11(17-12(2)19)9-16-10-13-6-7-14(18(3)4)15(8-13)20-5/h6-8,11,16H,9-10H2,1-5H3,(H,17,19). The molecule has 0 saturated heterocycles. The first-order valence-corrected chi connectivity index (χ1v) is 6.76. The summed E-state index contributed by atoms with van der Waals surface area (Å²) in [5, 5.41) is 6.17. The molecule has 0 fully saturated rings. The average molecular weight is 279 g/mol. The molecule has 1 rings (SSSR count). The lowest BCUT2D eigenvalue weighted by atomic mass is 10.1. The van der Waals surface area contributed by atoms with Gasteiger partial charge in [-0.25, -0.2) is 0 Å². The number of amides is 1. The van der Waals surface area contributed by atoms with Gasteiger partial charge in [0.2, 0.25) is 5.91 Å². The molecule has 1 amide bonds. The van der Waals surface area contributed by atoms with Gasteiger partial charge in [0.1, 0.15) is 5.75 Å². The summed E-state index contributed by atoms with van der Waals surface area (Å²) in [6.45, 7) is 4.98.